The largest absolute Gasteiger partial charge is 0.454 e. The molecule has 0 aromatic heterocycles. The van der Waals surface area contributed by atoms with Gasteiger partial charge in [0, 0.05) is 16.0 Å². The third kappa shape index (κ3) is 11.4. The molecule has 2 fully saturated rings. The van der Waals surface area contributed by atoms with Gasteiger partial charge in [0.05, 0.1) is 23.6 Å². The zero-order valence-corrected chi connectivity index (χ0v) is 34.6. The predicted octanol–water partition coefficient (Wildman–Crippen LogP) is 15.9. The number of hydrogen-bond donors (Lipinski definition) is 0. The van der Waals surface area contributed by atoms with E-state index in [4.69, 9.17) is 32.7 Å². The van der Waals surface area contributed by atoms with E-state index in [1.54, 1.807) is 84.9 Å². The van der Waals surface area contributed by atoms with Crippen LogP contribution < -0.4 is 9.47 Å². The van der Waals surface area contributed by atoms with E-state index in [0.29, 0.717) is 38.2 Å². The molecule has 310 valence electrons. The fraction of sp³-hybridized carbons (Fsp3) is 0.154. The summed E-state index contributed by atoms with van der Waals surface area (Å²) in [5, 5.41) is 20.5. The second-order valence-corrected chi connectivity index (χ2v) is 15.8. The first-order valence-corrected chi connectivity index (χ1v) is 20.7. The number of nitrogens with zero attached hydrogens (tertiary/aromatic N) is 2. The van der Waals surface area contributed by atoms with Crippen LogP contribution in [0.2, 0.25) is 10.0 Å². The number of rotatable bonds is 13. The van der Waals surface area contributed by atoms with E-state index in [1.807, 2.05) is 30.3 Å². The molecule has 6 aromatic rings. The summed E-state index contributed by atoms with van der Waals surface area (Å²) in [6.45, 7) is 0. The van der Waals surface area contributed by atoms with Crippen LogP contribution in [0.25, 0.3) is 11.1 Å². The second kappa shape index (κ2) is 20.3. The molecule has 4 nitrogen and oxygen atoms in total. The Kier molecular flexibility index (Phi) is 14.3. The van der Waals surface area contributed by atoms with Gasteiger partial charge in [0.2, 0.25) is 0 Å². The van der Waals surface area contributed by atoms with Gasteiger partial charge < -0.3 is 9.47 Å². The van der Waals surface area contributed by atoms with Crippen LogP contribution in [-0.4, -0.2) is 0 Å². The Morgan fingerprint density at radius 1 is 0.629 bits per heavy atom. The minimum absolute atomic E-state index is 0.00537. The fourth-order valence-corrected chi connectivity index (χ4v) is 7.21. The zero-order valence-electron chi connectivity index (χ0n) is 33.1. The van der Waals surface area contributed by atoms with E-state index in [9.17, 15) is 19.3 Å². The SMILES string of the molecule is N#C/C(=C\C(F)=C(c1ccc(Cl)cc1)C1CC1)c1ccc(F)c(Oc2ccccc2)c1.N#CC(/C=C(\F)C(c1ccc(Cl)cc1)C1CC1)c1ccc(F)c(Oc2ccccc2)c1. The molecule has 8 rings (SSSR count). The van der Waals surface area contributed by atoms with Crippen LogP contribution >= 0.6 is 23.2 Å². The van der Waals surface area contributed by atoms with Gasteiger partial charge in [-0.05, 0) is 150 Å². The van der Waals surface area contributed by atoms with Crippen molar-refractivity contribution in [3.8, 4) is 35.1 Å². The van der Waals surface area contributed by atoms with Crippen LogP contribution in [0, 0.1) is 46.1 Å². The summed E-state index contributed by atoms with van der Waals surface area (Å²) in [5.74, 6) is -2.00. The van der Waals surface area contributed by atoms with E-state index in [0.717, 1.165) is 36.8 Å². The summed E-state index contributed by atoms with van der Waals surface area (Å²) in [4.78, 5) is 0. The van der Waals surface area contributed by atoms with E-state index >= 15 is 8.78 Å². The number of hydrogen-bond acceptors (Lipinski definition) is 4. The van der Waals surface area contributed by atoms with Crippen molar-refractivity contribution < 1.29 is 27.0 Å². The van der Waals surface area contributed by atoms with Gasteiger partial charge in [0.15, 0.2) is 23.1 Å². The monoisotopic (exact) mass is 868 g/mol. The fourth-order valence-electron chi connectivity index (χ4n) is 6.95. The molecule has 0 radical (unpaired) electrons. The number of halogens is 6. The number of allylic oxidation sites excluding steroid dienone is 6. The lowest BCUT2D eigenvalue weighted by atomic mass is 9.90. The maximum absolute atomic E-state index is 15.4. The molecule has 6 aromatic carbocycles. The molecule has 0 saturated heterocycles. The Hall–Kier alpha value is -6.58. The van der Waals surface area contributed by atoms with Gasteiger partial charge in [-0.2, -0.15) is 10.5 Å². The van der Waals surface area contributed by atoms with Gasteiger partial charge in [-0.3, -0.25) is 0 Å². The van der Waals surface area contributed by atoms with E-state index in [2.05, 4.69) is 6.07 Å². The Balaban J connectivity index is 0.000000186. The van der Waals surface area contributed by atoms with Gasteiger partial charge in [-0.25, -0.2) is 17.6 Å². The van der Waals surface area contributed by atoms with Crippen molar-refractivity contribution in [3.63, 3.8) is 0 Å². The minimum atomic E-state index is -0.868. The van der Waals surface area contributed by atoms with Crippen molar-refractivity contribution in [2.45, 2.75) is 37.5 Å². The zero-order chi connectivity index (χ0) is 43.6. The first-order chi connectivity index (χ1) is 30.1. The highest BCUT2D eigenvalue weighted by Gasteiger charge is 2.36. The molecule has 2 aliphatic carbocycles. The molecule has 0 spiro atoms. The van der Waals surface area contributed by atoms with Crippen LogP contribution in [-0.2, 0) is 0 Å². The van der Waals surface area contributed by atoms with Crippen molar-refractivity contribution in [3.05, 3.63) is 213 Å². The van der Waals surface area contributed by atoms with Crippen molar-refractivity contribution in [1.29, 1.82) is 10.5 Å². The number of ether oxygens (including phenoxy) is 2. The Morgan fingerprint density at radius 2 is 1.15 bits per heavy atom. The summed E-state index contributed by atoms with van der Waals surface area (Å²) < 4.78 is 70.4. The smallest absolute Gasteiger partial charge is 0.165 e. The summed E-state index contributed by atoms with van der Waals surface area (Å²) in [6, 6.07) is 44.1. The second-order valence-electron chi connectivity index (χ2n) is 14.9. The Labute approximate surface area is 368 Å². The third-order valence-electron chi connectivity index (χ3n) is 10.4. The topological polar surface area (TPSA) is 66.0 Å². The lowest BCUT2D eigenvalue weighted by Crippen LogP contribution is -2.04. The average molecular weight is 870 g/mol. The Bertz CT molecular complexity index is 2680. The van der Waals surface area contributed by atoms with Crippen molar-refractivity contribution in [2.24, 2.45) is 11.8 Å². The molecule has 62 heavy (non-hydrogen) atoms. The molecular weight excluding hydrogens is 831 g/mol. The molecule has 0 bridgehead atoms. The Morgan fingerprint density at radius 3 is 1.68 bits per heavy atom. The highest BCUT2D eigenvalue weighted by atomic mass is 35.5. The highest BCUT2D eigenvalue weighted by Crippen LogP contribution is 2.48. The first kappa shape index (κ1) is 43.5. The third-order valence-corrected chi connectivity index (χ3v) is 10.9. The molecule has 10 heteroatoms. The first-order valence-electron chi connectivity index (χ1n) is 19.9. The maximum atomic E-state index is 15.4. The summed E-state index contributed by atoms with van der Waals surface area (Å²) in [7, 11) is 0. The maximum Gasteiger partial charge on any atom is 0.165 e. The van der Waals surface area contributed by atoms with Crippen LogP contribution in [0.15, 0.2) is 169 Å². The van der Waals surface area contributed by atoms with Crippen LogP contribution in [0.1, 0.15) is 59.8 Å². The predicted molar refractivity (Wildman–Crippen MR) is 236 cm³/mol. The van der Waals surface area contributed by atoms with Gasteiger partial charge >= 0.3 is 0 Å². The van der Waals surface area contributed by atoms with Gasteiger partial charge in [0.25, 0.3) is 0 Å². The highest BCUT2D eigenvalue weighted by molar-refractivity contribution is 6.30. The number of nitriles is 2. The number of para-hydroxylation sites is 2. The molecule has 2 atom stereocenters. The molecule has 0 aliphatic heterocycles. The summed E-state index contributed by atoms with van der Waals surface area (Å²) in [6.07, 6.45) is 6.22. The van der Waals surface area contributed by atoms with E-state index in [1.165, 1.54) is 48.6 Å². The van der Waals surface area contributed by atoms with Gasteiger partial charge in [0.1, 0.15) is 23.2 Å². The van der Waals surface area contributed by atoms with E-state index in [-0.39, 0.29) is 34.7 Å². The van der Waals surface area contributed by atoms with Gasteiger partial charge in [-0.1, -0.05) is 96.0 Å². The van der Waals surface area contributed by atoms with Crippen LogP contribution in [0.3, 0.4) is 0 Å². The van der Waals surface area contributed by atoms with Gasteiger partial charge in [-0.15, -0.1) is 0 Å². The molecule has 0 amide bonds. The van der Waals surface area contributed by atoms with Crippen molar-refractivity contribution in [1.82, 2.24) is 0 Å². The van der Waals surface area contributed by atoms with Crippen LogP contribution in [0.4, 0.5) is 17.6 Å². The lowest BCUT2D eigenvalue weighted by Gasteiger charge is -2.17. The molecule has 2 unspecified atom stereocenters. The quantitative estimate of drug-likeness (QED) is 0.0659. The molecule has 2 saturated carbocycles. The molecular formula is C52H38Cl2F4N2O2. The minimum Gasteiger partial charge on any atom is -0.454 e. The standard InChI is InChI=1S/C26H20ClF2NO.C26H18ClF2NO/c2*27-21-11-8-18(9-12-21)26(17-6-7-17)24(29)14-20(16-30)19-10-13-23(28)25(15-19)31-22-4-2-1-3-5-22/h1-5,8-15,17,20,26H,6-7H2;1-5,8-15,17H,6-7H2/b24-14-;20-14+,26-24?. The summed E-state index contributed by atoms with van der Waals surface area (Å²) in [5.41, 5.74) is 3.07. The van der Waals surface area contributed by atoms with Crippen LogP contribution in [0.5, 0.6) is 23.0 Å². The number of benzene rings is 6. The molecule has 0 N–H and O–H groups in total. The van der Waals surface area contributed by atoms with Crippen molar-refractivity contribution in [2.75, 3.05) is 0 Å². The molecule has 0 heterocycles. The summed E-state index contributed by atoms with van der Waals surface area (Å²) >= 11 is 11.9. The molecule has 2 aliphatic rings. The average Bonchev–Trinajstić information content (AvgIpc) is 4.24. The lowest BCUT2D eigenvalue weighted by molar-refractivity contribution is 0.441. The normalized spacial score (nSPS) is 15.2. The van der Waals surface area contributed by atoms with E-state index < -0.39 is 29.3 Å². The van der Waals surface area contributed by atoms with Crippen molar-refractivity contribution >= 4 is 34.3 Å².